The lowest BCUT2D eigenvalue weighted by molar-refractivity contribution is -0.142. The summed E-state index contributed by atoms with van der Waals surface area (Å²) >= 11 is 0. The number of esters is 1. The second kappa shape index (κ2) is 5.28. The molecule has 54 valence electrons. The van der Waals surface area contributed by atoms with Crippen molar-refractivity contribution >= 4 is 11.8 Å². The zero-order chi connectivity index (χ0) is 6.57. The maximum absolute atomic E-state index is 10.2. The van der Waals surface area contributed by atoms with E-state index in [4.69, 9.17) is 0 Å². The molecule has 0 rings (SSSR count). The van der Waals surface area contributed by atoms with E-state index in [1.54, 1.807) is 0 Å². The fraction of sp³-hybridized carbons (Fsp3) is 0.667. The van der Waals surface area contributed by atoms with Crippen LogP contribution in [-0.4, -0.2) is 18.9 Å². The molecular formula is C6H12O3. The fourth-order valence-electron chi connectivity index (χ4n) is 0.275. The average molecular weight is 132 g/mol. The van der Waals surface area contributed by atoms with Crippen LogP contribution >= 0.6 is 0 Å². The van der Waals surface area contributed by atoms with E-state index in [1.165, 1.54) is 14.0 Å². The molecule has 0 amide bonds. The smallest absolute Gasteiger partial charge is 0.313 e. The standard InChI is InChI=1S/C5H8O3.CH4/c1-4(6)3-5(7)8-2;/h3H2,1-2H3;1H4. The minimum Gasteiger partial charge on any atom is -0.469 e. The largest absolute Gasteiger partial charge is 0.469 e. The van der Waals surface area contributed by atoms with Crippen LogP contribution in [0.15, 0.2) is 0 Å². The first kappa shape index (κ1) is 11.0. The molecule has 0 saturated carbocycles. The van der Waals surface area contributed by atoms with Crippen molar-refractivity contribution in [3.8, 4) is 0 Å². The summed E-state index contributed by atoms with van der Waals surface area (Å²) in [6.07, 6.45) is -0.115. The number of Topliss-reactive ketones (excluding diaryl/α,β-unsaturated/α-hetero) is 1. The van der Waals surface area contributed by atoms with Crippen molar-refractivity contribution in [1.29, 1.82) is 0 Å². The molecule has 0 radical (unpaired) electrons. The Morgan fingerprint density at radius 1 is 1.44 bits per heavy atom. The lowest BCUT2D eigenvalue weighted by Crippen LogP contribution is -2.05. The highest BCUT2D eigenvalue weighted by Gasteiger charge is 2.01. The van der Waals surface area contributed by atoms with Gasteiger partial charge in [0.05, 0.1) is 7.11 Å². The molecule has 0 aromatic carbocycles. The molecule has 3 heteroatoms. The number of carbonyl (C=O) groups is 2. The highest BCUT2D eigenvalue weighted by Crippen LogP contribution is 1.83. The summed E-state index contributed by atoms with van der Waals surface area (Å²) in [4.78, 5) is 20.3. The van der Waals surface area contributed by atoms with E-state index in [-0.39, 0.29) is 19.6 Å². The van der Waals surface area contributed by atoms with Gasteiger partial charge in [-0.05, 0) is 6.92 Å². The van der Waals surface area contributed by atoms with Crippen LogP contribution in [0.4, 0.5) is 0 Å². The van der Waals surface area contributed by atoms with Gasteiger partial charge in [-0.2, -0.15) is 0 Å². The number of rotatable bonds is 2. The molecule has 0 aliphatic carbocycles. The van der Waals surface area contributed by atoms with Crippen LogP contribution in [0.3, 0.4) is 0 Å². The number of methoxy groups -OCH3 is 1. The van der Waals surface area contributed by atoms with Crippen molar-refractivity contribution < 1.29 is 14.3 Å². The summed E-state index contributed by atoms with van der Waals surface area (Å²) in [7, 11) is 1.26. The van der Waals surface area contributed by atoms with E-state index in [2.05, 4.69) is 4.74 Å². The molecule has 0 heterocycles. The topological polar surface area (TPSA) is 43.4 Å². The predicted molar refractivity (Wildman–Crippen MR) is 34.0 cm³/mol. The summed E-state index contributed by atoms with van der Waals surface area (Å²) in [5, 5.41) is 0. The van der Waals surface area contributed by atoms with E-state index in [0.717, 1.165) is 0 Å². The Balaban J connectivity index is 0. The molecule has 0 atom stereocenters. The normalized spacial score (nSPS) is 7.33. The SMILES string of the molecule is C.COC(=O)CC(C)=O. The van der Waals surface area contributed by atoms with Gasteiger partial charge < -0.3 is 4.74 Å². The van der Waals surface area contributed by atoms with Gasteiger partial charge in [-0.1, -0.05) is 7.43 Å². The quantitative estimate of drug-likeness (QED) is 0.412. The van der Waals surface area contributed by atoms with Crippen LogP contribution in [0, 0.1) is 0 Å². The summed E-state index contributed by atoms with van der Waals surface area (Å²) in [6, 6.07) is 0. The summed E-state index contributed by atoms with van der Waals surface area (Å²) in [5.74, 6) is -0.644. The molecule has 0 spiro atoms. The van der Waals surface area contributed by atoms with Crippen LogP contribution in [0.5, 0.6) is 0 Å². The molecule has 0 aliphatic rings. The molecule has 9 heavy (non-hydrogen) atoms. The monoisotopic (exact) mass is 132 g/mol. The molecular weight excluding hydrogens is 120 g/mol. The summed E-state index contributed by atoms with van der Waals surface area (Å²) in [5.41, 5.74) is 0. The van der Waals surface area contributed by atoms with Gasteiger partial charge in [0.25, 0.3) is 0 Å². The molecule has 0 aromatic rings. The van der Waals surface area contributed by atoms with Crippen LogP contribution in [0.1, 0.15) is 20.8 Å². The Labute approximate surface area is 55.0 Å². The maximum atomic E-state index is 10.2. The van der Waals surface area contributed by atoms with Crippen molar-refractivity contribution in [2.45, 2.75) is 20.8 Å². The second-order valence-corrected chi connectivity index (χ2v) is 1.45. The molecule has 0 bridgehead atoms. The van der Waals surface area contributed by atoms with Crippen LogP contribution < -0.4 is 0 Å². The highest BCUT2D eigenvalue weighted by molar-refractivity contribution is 5.93. The number of hydrogen-bond donors (Lipinski definition) is 0. The predicted octanol–water partition coefficient (Wildman–Crippen LogP) is 0.775. The number of carbonyl (C=O) groups excluding carboxylic acids is 2. The third-order valence-corrected chi connectivity index (χ3v) is 0.621. The zero-order valence-electron chi connectivity index (χ0n) is 4.93. The highest BCUT2D eigenvalue weighted by atomic mass is 16.5. The lowest BCUT2D eigenvalue weighted by atomic mass is 10.3. The van der Waals surface area contributed by atoms with Crippen molar-refractivity contribution in [1.82, 2.24) is 0 Å². The molecule has 0 aromatic heterocycles. The van der Waals surface area contributed by atoms with Gasteiger partial charge in [-0.3, -0.25) is 9.59 Å². The average Bonchev–Trinajstić information content (AvgIpc) is 1.65. The molecule has 0 unspecified atom stereocenters. The molecule has 0 saturated heterocycles. The second-order valence-electron chi connectivity index (χ2n) is 1.45. The van der Waals surface area contributed by atoms with Gasteiger partial charge in [0.15, 0.2) is 0 Å². The molecule has 0 aliphatic heterocycles. The fourth-order valence-corrected chi connectivity index (χ4v) is 0.275. The molecule has 0 N–H and O–H groups in total. The van der Waals surface area contributed by atoms with Crippen LogP contribution in [-0.2, 0) is 14.3 Å². The van der Waals surface area contributed by atoms with Gasteiger partial charge in [0, 0.05) is 0 Å². The van der Waals surface area contributed by atoms with E-state index >= 15 is 0 Å². The first-order chi connectivity index (χ1) is 3.66. The molecule has 3 nitrogen and oxygen atoms in total. The Bertz CT molecular complexity index is 107. The third kappa shape index (κ3) is 7.14. The summed E-state index contributed by atoms with van der Waals surface area (Å²) < 4.78 is 4.20. The van der Waals surface area contributed by atoms with E-state index in [9.17, 15) is 9.59 Å². The number of hydrogen-bond acceptors (Lipinski definition) is 3. The number of ether oxygens (including phenoxy) is 1. The van der Waals surface area contributed by atoms with E-state index in [0.29, 0.717) is 0 Å². The minimum absolute atomic E-state index is 0. The van der Waals surface area contributed by atoms with Gasteiger partial charge >= 0.3 is 5.97 Å². The van der Waals surface area contributed by atoms with Crippen molar-refractivity contribution in [3.63, 3.8) is 0 Å². The maximum Gasteiger partial charge on any atom is 0.313 e. The van der Waals surface area contributed by atoms with Gasteiger partial charge in [-0.25, -0.2) is 0 Å². The van der Waals surface area contributed by atoms with Crippen LogP contribution in [0.2, 0.25) is 0 Å². The van der Waals surface area contributed by atoms with Crippen molar-refractivity contribution in [2.75, 3.05) is 7.11 Å². The van der Waals surface area contributed by atoms with Gasteiger partial charge in [0.2, 0.25) is 0 Å². The Hall–Kier alpha value is -0.860. The molecule has 0 fully saturated rings. The first-order valence-corrected chi connectivity index (χ1v) is 2.23. The van der Waals surface area contributed by atoms with Gasteiger partial charge in [0.1, 0.15) is 12.2 Å². The minimum atomic E-state index is -0.475. The van der Waals surface area contributed by atoms with Crippen molar-refractivity contribution in [2.24, 2.45) is 0 Å². The third-order valence-electron chi connectivity index (χ3n) is 0.621. The van der Waals surface area contributed by atoms with E-state index < -0.39 is 5.97 Å². The van der Waals surface area contributed by atoms with Gasteiger partial charge in [-0.15, -0.1) is 0 Å². The Kier molecular flexibility index (Phi) is 6.46. The van der Waals surface area contributed by atoms with Crippen LogP contribution in [0.25, 0.3) is 0 Å². The van der Waals surface area contributed by atoms with E-state index in [1.807, 2.05) is 0 Å². The zero-order valence-corrected chi connectivity index (χ0v) is 4.93. The Morgan fingerprint density at radius 2 is 1.89 bits per heavy atom. The first-order valence-electron chi connectivity index (χ1n) is 2.23. The Morgan fingerprint density at radius 3 is 2.00 bits per heavy atom. The number of ketones is 1. The lowest BCUT2D eigenvalue weighted by Gasteiger charge is -1.90. The summed E-state index contributed by atoms with van der Waals surface area (Å²) in [6.45, 7) is 1.34. The van der Waals surface area contributed by atoms with Crippen molar-refractivity contribution in [3.05, 3.63) is 0 Å².